The lowest BCUT2D eigenvalue weighted by atomic mass is 9.81. The van der Waals surface area contributed by atoms with Crippen molar-refractivity contribution in [3.63, 3.8) is 0 Å². The zero-order valence-corrected chi connectivity index (χ0v) is 8.72. The molecule has 0 radical (unpaired) electrons. The molecule has 0 saturated heterocycles. The Kier molecular flexibility index (Phi) is 2.76. The minimum atomic E-state index is 0.329. The molecule has 0 heterocycles. The summed E-state index contributed by atoms with van der Waals surface area (Å²) in [4.78, 5) is 0. The van der Waals surface area contributed by atoms with E-state index in [1.165, 1.54) is 18.4 Å². The van der Waals surface area contributed by atoms with Crippen LogP contribution in [0.15, 0.2) is 23.8 Å². The summed E-state index contributed by atoms with van der Waals surface area (Å²) in [5, 5.41) is 0. The fourth-order valence-electron chi connectivity index (χ4n) is 1.52. The van der Waals surface area contributed by atoms with E-state index in [9.17, 15) is 0 Å². The van der Waals surface area contributed by atoms with Gasteiger partial charge in [0.15, 0.2) is 0 Å². The molecular weight excluding hydrogens is 144 g/mol. The Hall–Kier alpha value is -0.520. The molecular formula is C12H20. The van der Waals surface area contributed by atoms with E-state index >= 15 is 0 Å². The lowest BCUT2D eigenvalue weighted by molar-refractivity contribution is 0.502. The van der Waals surface area contributed by atoms with Crippen LogP contribution in [0.25, 0.3) is 0 Å². The van der Waals surface area contributed by atoms with Crippen LogP contribution in [0.5, 0.6) is 0 Å². The minimum absolute atomic E-state index is 0.329. The van der Waals surface area contributed by atoms with Crippen LogP contribution in [0.4, 0.5) is 0 Å². The third-order valence-corrected chi connectivity index (χ3v) is 2.58. The molecule has 0 amide bonds. The maximum absolute atomic E-state index is 2.40. The second-order valence-corrected chi connectivity index (χ2v) is 4.67. The Morgan fingerprint density at radius 1 is 1.42 bits per heavy atom. The molecule has 68 valence electrons. The van der Waals surface area contributed by atoms with Gasteiger partial charge in [-0.05, 0) is 29.7 Å². The predicted octanol–water partition coefficient (Wildman–Crippen LogP) is 3.95. The number of hydrogen-bond acceptors (Lipinski definition) is 0. The highest BCUT2D eigenvalue weighted by Gasteiger charge is 2.17. The summed E-state index contributed by atoms with van der Waals surface area (Å²) >= 11 is 0. The van der Waals surface area contributed by atoms with Crippen LogP contribution in [-0.2, 0) is 0 Å². The smallest absolute Gasteiger partial charge is 0.0135 e. The van der Waals surface area contributed by atoms with E-state index in [-0.39, 0.29) is 0 Å². The fraction of sp³-hybridized carbons (Fsp3) is 0.667. The Morgan fingerprint density at radius 2 is 2.08 bits per heavy atom. The first-order valence-corrected chi connectivity index (χ1v) is 4.93. The summed E-state index contributed by atoms with van der Waals surface area (Å²) < 4.78 is 0. The first-order chi connectivity index (χ1) is 5.54. The van der Waals surface area contributed by atoms with Gasteiger partial charge in [-0.3, -0.25) is 0 Å². The second-order valence-electron chi connectivity index (χ2n) is 4.67. The van der Waals surface area contributed by atoms with E-state index in [0.717, 1.165) is 5.92 Å². The predicted molar refractivity (Wildman–Crippen MR) is 55.1 cm³/mol. The van der Waals surface area contributed by atoms with Crippen LogP contribution >= 0.6 is 0 Å². The van der Waals surface area contributed by atoms with Crippen LogP contribution in [0.2, 0.25) is 0 Å². The molecule has 0 aromatic rings. The number of allylic oxidation sites excluding steroid dienone is 4. The molecule has 0 nitrogen and oxygen atoms in total. The standard InChI is InChI=1S/C12H20/c1-5-10-6-8-11(9-7-10)12(2,3)4/h6,8-10H,5,7H2,1-4H3. The topological polar surface area (TPSA) is 0 Å². The average molecular weight is 164 g/mol. The maximum atomic E-state index is 2.40. The normalized spacial score (nSPS) is 24.0. The minimum Gasteiger partial charge on any atom is -0.0808 e. The Morgan fingerprint density at radius 3 is 2.42 bits per heavy atom. The summed E-state index contributed by atoms with van der Waals surface area (Å²) in [6.45, 7) is 9.07. The van der Waals surface area contributed by atoms with Crippen molar-refractivity contribution in [1.29, 1.82) is 0 Å². The largest absolute Gasteiger partial charge is 0.0808 e. The summed E-state index contributed by atoms with van der Waals surface area (Å²) in [5.41, 5.74) is 1.82. The van der Waals surface area contributed by atoms with Crippen LogP contribution < -0.4 is 0 Å². The van der Waals surface area contributed by atoms with E-state index in [1.807, 2.05) is 0 Å². The molecule has 0 N–H and O–H groups in total. The highest BCUT2D eigenvalue weighted by atomic mass is 14.2. The lowest BCUT2D eigenvalue weighted by Crippen LogP contribution is -2.11. The van der Waals surface area contributed by atoms with Gasteiger partial charge >= 0.3 is 0 Å². The van der Waals surface area contributed by atoms with Crippen LogP contribution in [-0.4, -0.2) is 0 Å². The molecule has 0 fully saturated rings. The van der Waals surface area contributed by atoms with Gasteiger partial charge in [-0.25, -0.2) is 0 Å². The van der Waals surface area contributed by atoms with Crippen LogP contribution in [0.3, 0.4) is 0 Å². The molecule has 1 unspecified atom stereocenters. The summed E-state index contributed by atoms with van der Waals surface area (Å²) in [6, 6.07) is 0. The second kappa shape index (κ2) is 3.47. The van der Waals surface area contributed by atoms with Crippen molar-refractivity contribution in [3.05, 3.63) is 23.8 Å². The van der Waals surface area contributed by atoms with Gasteiger partial charge in [0.25, 0.3) is 0 Å². The third kappa shape index (κ3) is 2.23. The van der Waals surface area contributed by atoms with Gasteiger partial charge < -0.3 is 0 Å². The first kappa shape index (κ1) is 9.57. The number of hydrogen-bond donors (Lipinski definition) is 0. The molecule has 0 heteroatoms. The Balaban J connectivity index is 2.64. The van der Waals surface area contributed by atoms with Gasteiger partial charge in [-0.1, -0.05) is 45.9 Å². The molecule has 0 aromatic carbocycles. The van der Waals surface area contributed by atoms with E-state index in [0.29, 0.717) is 5.41 Å². The van der Waals surface area contributed by atoms with E-state index < -0.39 is 0 Å². The van der Waals surface area contributed by atoms with Crippen molar-refractivity contribution in [3.8, 4) is 0 Å². The van der Waals surface area contributed by atoms with Gasteiger partial charge in [0, 0.05) is 0 Å². The monoisotopic (exact) mass is 164 g/mol. The molecule has 1 aliphatic carbocycles. The summed E-state index contributed by atoms with van der Waals surface area (Å²) in [6.07, 6.45) is 9.57. The van der Waals surface area contributed by atoms with Gasteiger partial charge in [0.2, 0.25) is 0 Å². The highest BCUT2D eigenvalue weighted by Crippen LogP contribution is 2.31. The van der Waals surface area contributed by atoms with Gasteiger partial charge in [0.1, 0.15) is 0 Å². The van der Waals surface area contributed by atoms with Crippen molar-refractivity contribution in [2.75, 3.05) is 0 Å². The molecule has 1 aliphatic rings. The van der Waals surface area contributed by atoms with E-state index in [4.69, 9.17) is 0 Å². The first-order valence-electron chi connectivity index (χ1n) is 4.93. The fourth-order valence-corrected chi connectivity index (χ4v) is 1.52. The Labute approximate surface area is 76.4 Å². The van der Waals surface area contributed by atoms with E-state index in [1.54, 1.807) is 0 Å². The van der Waals surface area contributed by atoms with Gasteiger partial charge in [-0.2, -0.15) is 0 Å². The molecule has 0 bridgehead atoms. The molecule has 0 aliphatic heterocycles. The van der Waals surface area contributed by atoms with Crippen molar-refractivity contribution in [2.45, 2.75) is 40.5 Å². The molecule has 0 spiro atoms. The van der Waals surface area contributed by atoms with Crippen molar-refractivity contribution in [1.82, 2.24) is 0 Å². The quantitative estimate of drug-likeness (QED) is 0.550. The van der Waals surface area contributed by atoms with Crippen molar-refractivity contribution >= 4 is 0 Å². The number of rotatable bonds is 1. The van der Waals surface area contributed by atoms with Gasteiger partial charge in [0.05, 0.1) is 0 Å². The summed E-state index contributed by atoms with van der Waals surface area (Å²) in [7, 11) is 0. The molecule has 1 atom stereocenters. The molecule has 12 heavy (non-hydrogen) atoms. The molecule has 1 rings (SSSR count). The zero-order valence-electron chi connectivity index (χ0n) is 8.72. The summed E-state index contributed by atoms with van der Waals surface area (Å²) in [5.74, 6) is 0.788. The zero-order chi connectivity index (χ0) is 9.19. The van der Waals surface area contributed by atoms with Crippen LogP contribution in [0, 0.1) is 11.3 Å². The molecule has 0 saturated carbocycles. The SMILES string of the molecule is CCC1C=CC(C(C)(C)C)=CC1. The van der Waals surface area contributed by atoms with Gasteiger partial charge in [-0.15, -0.1) is 0 Å². The van der Waals surface area contributed by atoms with Crippen molar-refractivity contribution < 1.29 is 0 Å². The third-order valence-electron chi connectivity index (χ3n) is 2.58. The molecule has 0 aromatic heterocycles. The average Bonchev–Trinajstić information content (AvgIpc) is 2.03. The van der Waals surface area contributed by atoms with Crippen molar-refractivity contribution in [2.24, 2.45) is 11.3 Å². The van der Waals surface area contributed by atoms with E-state index in [2.05, 4.69) is 45.9 Å². The highest BCUT2D eigenvalue weighted by molar-refractivity contribution is 5.28. The lowest BCUT2D eigenvalue weighted by Gasteiger charge is -2.24. The Bertz CT molecular complexity index is 201. The maximum Gasteiger partial charge on any atom is -0.0135 e. The van der Waals surface area contributed by atoms with Crippen LogP contribution in [0.1, 0.15) is 40.5 Å².